The van der Waals surface area contributed by atoms with Crippen LogP contribution in [-0.4, -0.2) is 24.2 Å². The average Bonchev–Trinajstić information content (AvgIpc) is 2.41. The van der Waals surface area contributed by atoms with Crippen molar-refractivity contribution < 1.29 is 9.47 Å². The molecular formula is C12H11BrClN3O2. The molecule has 7 heteroatoms. The first-order valence-corrected chi connectivity index (χ1v) is 6.48. The SMILES string of the molecule is COc1ccc(Cl)cc1Nc1ncc(Br)c(OC)n1. The summed E-state index contributed by atoms with van der Waals surface area (Å²) in [7, 11) is 3.12. The number of anilines is 2. The first kappa shape index (κ1) is 13.9. The lowest BCUT2D eigenvalue weighted by molar-refractivity contribution is 0.394. The van der Waals surface area contributed by atoms with Gasteiger partial charge in [-0.15, -0.1) is 0 Å². The molecular weight excluding hydrogens is 334 g/mol. The minimum atomic E-state index is 0.389. The van der Waals surface area contributed by atoms with Crippen molar-refractivity contribution in [1.82, 2.24) is 9.97 Å². The largest absolute Gasteiger partial charge is 0.495 e. The van der Waals surface area contributed by atoms with Crippen LogP contribution < -0.4 is 14.8 Å². The molecule has 1 aromatic heterocycles. The van der Waals surface area contributed by atoms with Crippen LogP contribution in [0.1, 0.15) is 0 Å². The molecule has 0 bridgehead atoms. The number of halogens is 2. The van der Waals surface area contributed by atoms with E-state index in [1.807, 2.05) is 0 Å². The number of aromatic nitrogens is 2. The topological polar surface area (TPSA) is 56.3 Å². The van der Waals surface area contributed by atoms with Crippen molar-refractivity contribution in [2.24, 2.45) is 0 Å². The third-order valence-corrected chi connectivity index (χ3v) is 3.09. The Bertz CT molecular complexity index is 595. The molecule has 0 saturated heterocycles. The van der Waals surface area contributed by atoms with Crippen LogP contribution in [-0.2, 0) is 0 Å². The summed E-state index contributed by atoms with van der Waals surface area (Å²) in [4.78, 5) is 8.34. The van der Waals surface area contributed by atoms with Gasteiger partial charge in [0.25, 0.3) is 0 Å². The smallest absolute Gasteiger partial charge is 0.232 e. The Hall–Kier alpha value is -1.53. The van der Waals surface area contributed by atoms with Gasteiger partial charge in [-0.1, -0.05) is 11.6 Å². The highest BCUT2D eigenvalue weighted by Gasteiger charge is 2.08. The highest BCUT2D eigenvalue weighted by atomic mass is 79.9. The van der Waals surface area contributed by atoms with Crippen LogP contribution in [0.2, 0.25) is 5.02 Å². The highest BCUT2D eigenvalue weighted by molar-refractivity contribution is 9.10. The van der Waals surface area contributed by atoms with Gasteiger partial charge in [0.1, 0.15) is 5.75 Å². The molecule has 0 aliphatic carbocycles. The van der Waals surface area contributed by atoms with Gasteiger partial charge in [0.2, 0.25) is 11.8 Å². The molecule has 19 heavy (non-hydrogen) atoms. The molecule has 0 atom stereocenters. The van der Waals surface area contributed by atoms with Crippen LogP contribution in [0.3, 0.4) is 0 Å². The molecule has 1 heterocycles. The van der Waals surface area contributed by atoms with E-state index in [9.17, 15) is 0 Å². The van der Waals surface area contributed by atoms with Crippen LogP contribution in [0.15, 0.2) is 28.9 Å². The van der Waals surface area contributed by atoms with E-state index in [0.717, 1.165) is 0 Å². The minimum absolute atomic E-state index is 0.389. The predicted octanol–water partition coefficient (Wildman–Crippen LogP) is 3.65. The van der Waals surface area contributed by atoms with E-state index in [1.165, 1.54) is 7.11 Å². The van der Waals surface area contributed by atoms with E-state index < -0.39 is 0 Å². The molecule has 1 aromatic carbocycles. The average molecular weight is 345 g/mol. The zero-order valence-corrected chi connectivity index (χ0v) is 12.6. The van der Waals surface area contributed by atoms with E-state index in [1.54, 1.807) is 31.5 Å². The number of nitrogens with one attached hydrogen (secondary N) is 1. The van der Waals surface area contributed by atoms with Gasteiger partial charge in [0.05, 0.1) is 30.6 Å². The van der Waals surface area contributed by atoms with Crippen LogP contribution in [0.25, 0.3) is 0 Å². The number of hydrogen-bond acceptors (Lipinski definition) is 5. The molecule has 0 radical (unpaired) electrons. The van der Waals surface area contributed by atoms with Gasteiger partial charge in [0.15, 0.2) is 0 Å². The van der Waals surface area contributed by atoms with Gasteiger partial charge in [-0.05, 0) is 34.1 Å². The van der Waals surface area contributed by atoms with E-state index in [2.05, 4.69) is 31.2 Å². The number of methoxy groups -OCH3 is 2. The molecule has 0 saturated carbocycles. The van der Waals surface area contributed by atoms with Crippen molar-refractivity contribution in [2.45, 2.75) is 0 Å². The van der Waals surface area contributed by atoms with Crippen LogP contribution in [0.5, 0.6) is 11.6 Å². The van der Waals surface area contributed by atoms with E-state index in [4.69, 9.17) is 21.1 Å². The molecule has 0 spiro atoms. The summed E-state index contributed by atoms with van der Waals surface area (Å²) >= 11 is 9.25. The molecule has 2 rings (SSSR count). The third kappa shape index (κ3) is 3.27. The first-order valence-electron chi connectivity index (χ1n) is 5.31. The van der Waals surface area contributed by atoms with E-state index >= 15 is 0 Å². The summed E-state index contributed by atoms with van der Waals surface area (Å²) in [6.45, 7) is 0. The Labute approximate surface area is 124 Å². The van der Waals surface area contributed by atoms with Crippen molar-refractivity contribution in [3.63, 3.8) is 0 Å². The predicted molar refractivity (Wildman–Crippen MR) is 77.6 cm³/mol. The fraction of sp³-hybridized carbons (Fsp3) is 0.167. The molecule has 0 amide bonds. The number of hydrogen-bond donors (Lipinski definition) is 1. The summed E-state index contributed by atoms with van der Waals surface area (Å²) in [5.74, 6) is 1.48. The maximum Gasteiger partial charge on any atom is 0.232 e. The Balaban J connectivity index is 2.33. The maximum absolute atomic E-state index is 5.96. The Morgan fingerprint density at radius 1 is 1.26 bits per heavy atom. The third-order valence-electron chi connectivity index (χ3n) is 2.31. The zero-order valence-electron chi connectivity index (χ0n) is 10.3. The normalized spacial score (nSPS) is 10.1. The van der Waals surface area contributed by atoms with Gasteiger partial charge < -0.3 is 14.8 Å². The monoisotopic (exact) mass is 343 g/mol. The molecule has 0 unspecified atom stereocenters. The summed E-state index contributed by atoms with van der Waals surface area (Å²) in [6, 6.07) is 5.24. The lowest BCUT2D eigenvalue weighted by atomic mass is 10.3. The molecule has 0 aliphatic rings. The van der Waals surface area contributed by atoms with Crippen LogP contribution in [0, 0.1) is 0 Å². The second-order valence-corrected chi connectivity index (χ2v) is 4.81. The fourth-order valence-electron chi connectivity index (χ4n) is 1.45. The molecule has 5 nitrogen and oxygen atoms in total. The second kappa shape index (κ2) is 6.08. The molecule has 0 fully saturated rings. The van der Waals surface area contributed by atoms with Crippen LogP contribution >= 0.6 is 27.5 Å². The first-order chi connectivity index (χ1) is 9.13. The van der Waals surface area contributed by atoms with E-state index in [-0.39, 0.29) is 0 Å². The Morgan fingerprint density at radius 2 is 2.05 bits per heavy atom. The molecule has 0 aliphatic heterocycles. The Morgan fingerprint density at radius 3 is 2.74 bits per heavy atom. The lowest BCUT2D eigenvalue weighted by Crippen LogP contribution is -2.01. The van der Waals surface area contributed by atoms with Crippen molar-refractivity contribution in [2.75, 3.05) is 19.5 Å². The van der Waals surface area contributed by atoms with Gasteiger partial charge in [-0.3, -0.25) is 0 Å². The van der Waals surface area contributed by atoms with Crippen molar-refractivity contribution in [1.29, 1.82) is 0 Å². The fourth-order valence-corrected chi connectivity index (χ4v) is 1.98. The number of ether oxygens (including phenoxy) is 2. The van der Waals surface area contributed by atoms with Crippen LogP contribution in [0.4, 0.5) is 11.6 Å². The molecule has 100 valence electrons. The summed E-state index contributed by atoms with van der Waals surface area (Å²) in [5.41, 5.74) is 0.680. The second-order valence-electron chi connectivity index (χ2n) is 3.52. The summed E-state index contributed by atoms with van der Waals surface area (Å²) in [6.07, 6.45) is 1.60. The number of nitrogens with zero attached hydrogens (tertiary/aromatic N) is 2. The zero-order chi connectivity index (χ0) is 13.8. The van der Waals surface area contributed by atoms with Gasteiger partial charge in [0, 0.05) is 5.02 Å². The van der Waals surface area contributed by atoms with Crippen molar-refractivity contribution in [3.05, 3.63) is 33.9 Å². The summed E-state index contributed by atoms with van der Waals surface area (Å²) < 4.78 is 11.0. The highest BCUT2D eigenvalue weighted by Crippen LogP contribution is 2.30. The van der Waals surface area contributed by atoms with Crippen molar-refractivity contribution in [3.8, 4) is 11.6 Å². The lowest BCUT2D eigenvalue weighted by Gasteiger charge is -2.11. The summed E-state index contributed by atoms with van der Waals surface area (Å²) in [5, 5.41) is 3.62. The maximum atomic E-state index is 5.96. The number of benzene rings is 1. The quantitative estimate of drug-likeness (QED) is 0.917. The number of rotatable bonds is 4. The van der Waals surface area contributed by atoms with Gasteiger partial charge in [-0.25, -0.2) is 4.98 Å². The standard InChI is InChI=1S/C12H11BrClN3O2/c1-18-10-4-3-7(14)5-9(10)16-12-15-6-8(13)11(17-12)19-2/h3-6H,1-2H3,(H,15,16,17). The Kier molecular flexibility index (Phi) is 4.44. The van der Waals surface area contributed by atoms with E-state index in [0.29, 0.717) is 32.8 Å². The molecule has 1 N–H and O–H groups in total. The van der Waals surface area contributed by atoms with Gasteiger partial charge >= 0.3 is 0 Å². The minimum Gasteiger partial charge on any atom is -0.495 e. The van der Waals surface area contributed by atoms with Crippen molar-refractivity contribution >= 4 is 39.2 Å². The molecule has 2 aromatic rings. The van der Waals surface area contributed by atoms with Gasteiger partial charge in [-0.2, -0.15) is 4.98 Å².